The van der Waals surface area contributed by atoms with E-state index < -0.39 is 5.91 Å². The van der Waals surface area contributed by atoms with Crippen molar-refractivity contribution in [1.29, 1.82) is 0 Å². The molecule has 2 aromatic carbocycles. The third-order valence-electron chi connectivity index (χ3n) is 6.76. The number of benzene rings is 2. The van der Waals surface area contributed by atoms with Crippen molar-refractivity contribution in [2.75, 3.05) is 13.1 Å². The first-order chi connectivity index (χ1) is 17.1. The Morgan fingerprint density at radius 1 is 1.20 bits per heavy atom. The Kier molecular flexibility index (Phi) is 6.92. The van der Waals surface area contributed by atoms with Crippen LogP contribution in [0.5, 0.6) is 5.75 Å². The maximum absolute atomic E-state index is 11.9. The Morgan fingerprint density at radius 3 is 2.74 bits per heavy atom. The molecule has 0 radical (unpaired) electrons. The molecule has 1 aromatic heterocycles. The number of ether oxygens (including phenoxy) is 1. The molecule has 2 aliphatic heterocycles. The van der Waals surface area contributed by atoms with Gasteiger partial charge in [-0.1, -0.05) is 23.4 Å². The van der Waals surface area contributed by atoms with Crippen LogP contribution in [0.1, 0.15) is 42.5 Å². The lowest BCUT2D eigenvalue weighted by molar-refractivity contribution is -0.131. The van der Waals surface area contributed by atoms with E-state index in [2.05, 4.69) is 27.2 Å². The molecule has 8 nitrogen and oxygen atoms in total. The van der Waals surface area contributed by atoms with E-state index in [1.54, 1.807) is 5.48 Å². The molecule has 2 atom stereocenters. The Labute approximate surface area is 204 Å². The number of para-hydroxylation sites is 1. The number of hydrogen-bond donors (Lipinski definition) is 2. The minimum atomic E-state index is -0.405. The summed E-state index contributed by atoms with van der Waals surface area (Å²) in [6.45, 7) is 4.31. The third-order valence-corrected chi connectivity index (χ3v) is 6.76. The van der Waals surface area contributed by atoms with Gasteiger partial charge in [-0.05, 0) is 74.8 Å². The topological polar surface area (TPSA) is 96.3 Å². The van der Waals surface area contributed by atoms with E-state index in [-0.39, 0.29) is 18.6 Å². The Balaban J connectivity index is 1.23. The molecule has 8 heteroatoms. The lowest BCUT2D eigenvalue weighted by Crippen LogP contribution is -2.45. The summed E-state index contributed by atoms with van der Waals surface area (Å²) in [5.41, 5.74) is 6.62. The Hall–Kier alpha value is -3.49. The number of nitrogens with zero attached hydrogens (tertiary/aromatic N) is 3. The zero-order valence-electron chi connectivity index (χ0n) is 19.8. The summed E-state index contributed by atoms with van der Waals surface area (Å²) in [6.07, 6.45) is 2.78. The summed E-state index contributed by atoms with van der Waals surface area (Å²) < 4.78 is 6.08. The molecule has 2 aliphatic rings. The van der Waals surface area contributed by atoms with Crippen LogP contribution in [0.2, 0.25) is 0 Å². The maximum atomic E-state index is 11.9. The summed E-state index contributed by atoms with van der Waals surface area (Å²) in [4.78, 5) is 24.5. The van der Waals surface area contributed by atoms with Gasteiger partial charge < -0.3 is 9.57 Å². The molecule has 2 unspecified atom stereocenters. The molecular weight excluding hydrogens is 444 g/mol. The number of carbonyl (C=O) groups is 1. The smallest absolute Gasteiger partial charge is 0.245 e. The van der Waals surface area contributed by atoms with Gasteiger partial charge >= 0.3 is 0 Å². The SMILES string of the molecule is Cc1cc(COc2ccc(C3=NOC(C(CC(=O)NO)N4CCCC4)C3)cc2)c2ccccc2n1. The number of carbonyl (C=O) groups excluding carboxylic acids is 1. The highest BCUT2D eigenvalue weighted by Gasteiger charge is 2.36. The molecule has 3 aromatic rings. The lowest BCUT2D eigenvalue weighted by Gasteiger charge is -2.30. The minimum absolute atomic E-state index is 0.118. The van der Waals surface area contributed by atoms with Gasteiger partial charge in [-0.3, -0.25) is 19.9 Å². The van der Waals surface area contributed by atoms with E-state index in [1.165, 1.54) is 0 Å². The van der Waals surface area contributed by atoms with E-state index in [4.69, 9.17) is 14.8 Å². The zero-order chi connectivity index (χ0) is 24.2. The maximum Gasteiger partial charge on any atom is 0.245 e. The van der Waals surface area contributed by atoms with Gasteiger partial charge in [0.05, 0.1) is 17.3 Å². The van der Waals surface area contributed by atoms with E-state index >= 15 is 0 Å². The third kappa shape index (κ3) is 5.28. The van der Waals surface area contributed by atoms with Crippen LogP contribution in [-0.4, -0.2) is 51.9 Å². The molecule has 182 valence electrons. The van der Waals surface area contributed by atoms with Crippen LogP contribution in [0, 0.1) is 6.92 Å². The number of amides is 1. The number of likely N-dealkylation sites (tertiary alicyclic amines) is 1. The number of fused-ring (bicyclic) bond motifs is 1. The standard InChI is InChI=1S/C27H30N4O4/c1-18-14-20(22-6-2-3-7-23(22)28-18)17-34-21-10-8-19(9-11-21)24-15-26(35-30-24)25(16-27(32)29-33)31-12-4-5-13-31/h2-3,6-11,14,25-26,33H,4-5,12-13,15-17H2,1H3,(H,29,32). The van der Waals surface area contributed by atoms with Crippen molar-refractivity contribution in [2.45, 2.75) is 51.4 Å². The number of rotatable bonds is 8. The number of aromatic nitrogens is 1. The second-order valence-corrected chi connectivity index (χ2v) is 9.19. The summed E-state index contributed by atoms with van der Waals surface area (Å²) in [5.74, 6) is 0.371. The van der Waals surface area contributed by atoms with E-state index in [9.17, 15) is 4.79 Å². The van der Waals surface area contributed by atoms with Crippen molar-refractivity contribution >= 4 is 22.5 Å². The highest BCUT2D eigenvalue weighted by molar-refractivity contribution is 6.01. The average molecular weight is 475 g/mol. The minimum Gasteiger partial charge on any atom is -0.489 e. The van der Waals surface area contributed by atoms with Crippen molar-refractivity contribution in [3.05, 3.63) is 71.4 Å². The van der Waals surface area contributed by atoms with E-state index in [0.29, 0.717) is 13.0 Å². The molecule has 1 amide bonds. The van der Waals surface area contributed by atoms with Gasteiger partial charge in [0, 0.05) is 29.5 Å². The fourth-order valence-electron chi connectivity index (χ4n) is 5.00. The number of hydroxylamine groups is 1. The van der Waals surface area contributed by atoms with Gasteiger partial charge in [-0.2, -0.15) is 0 Å². The highest BCUT2D eigenvalue weighted by atomic mass is 16.6. The fraction of sp³-hybridized carbons (Fsp3) is 0.370. The van der Waals surface area contributed by atoms with Crippen LogP contribution in [-0.2, 0) is 16.2 Å². The van der Waals surface area contributed by atoms with Crippen molar-refractivity contribution in [3.8, 4) is 5.75 Å². The number of aryl methyl sites for hydroxylation is 1. The summed E-state index contributed by atoms with van der Waals surface area (Å²) in [6, 6.07) is 17.9. The normalized spacial score (nSPS) is 18.8. The van der Waals surface area contributed by atoms with Gasteiger partial charge in [0.25, 0.3) is 0 Å². The van der Waals surface area contributed by atoms with Crippen molar-refractivity contribution in [1.82, 2.24) is 15.4 Å². The summed E-state index contributed by atoms with van der Waals surface area (Å²) in [5, 5.41) is 14.4. The molecule has 0 bridgehead atoms. The molecule has 3 heterocycles. The summed E-state index contributed by atoms with van der Waals surface area (Å²) in [7, 11) is 0. The van der Waals surface area contributed by atoms with Gasteiger partial charge in [0.1, 0.15) is 18.5 Å². The second kappa shape index (κ2) is 10.4. The van der Waals surface area contributed by atoms with E-state index in [0.717, 1.165) is 65.1 Å². The number of hydrogen-bond acceptors (Lipinski definition) is 7. The quantitative estimate of drug-likeness (QED) is 0.379. The number of pyridine rings is 1. The predicted octanol–water partition coefficient (Wildman–Crippen LogP) is 3.98. The molecule has 0 spiro atoms. The van der Waals surface area contributed by atoms with Crippen LogP contribution >= 0.6 is 0 Å². The van der Waals surface area contributed by atoms with Crippen LogP contribution < -0.4 is 10.2 Å². The Morgan fingerprint density at radius 2 is 1.97 bits per heavy atom. The summed E-state index contributed by atoms with van der Waals surface area (Å²) >= 11 is 0. The zero-order valence-corrected chi connectivity index (χ0v) is 19.8. The van der Waals surface area contributed by atoms with Crippen molar-refractivity contribution < 1.29 is 19.6 Å². The molecule has 35 heavy (non-hydrogen) atoms. The molecule has 0 aliphatic carbocycles. The first-order valence-electron chi connectivity index (χ1n) is 12.1. The highest BCUT2D eigenvalue weighted by Crippen LogP contribution is 2.27. The van der Waals surface area contributed by atoms with Crippen LogP contribution in [0.3, 0.4) is 0 Å². The predicted molar refractivity (Wildman–Crippen MR) is 132 cm³/mol. The van der Waals surface area contributed by atoms with Gasteiger partial charge in [-0.25, -0.2) is 5.48 Å². The average Bonchev–Trinajstić information content (AvgIpc) is 3.59. The fourth-order valence-corrected chi connectivity index (χ4v) is 5.00. The molecule has 1 fully saturated rings. The largest absolute Gasteiger partial charge is 0.489 e. The lowest BCUT2D eigenvalue weighted by atomic mass is 9.97. The van der Waals surface area contributed by atoms with Gasteiger partial charge in [0.15, 0.2) is 0 Å². The molecule has 2 N–H and O–H groups in total. The number of nitrogens with one attached hydrogen (secondary N) is 1. The van der Waals surface area contributed by atoms with Crippen LogP contribution in [0.4, 0.5) is 0 Å². The second-order valence-electron chi connectivity index (χ2n) is 9.19. The van der Waals surface area contributed by atoms with Gasteiger partial charge in [-0.15, -0.1) is 0 Å². The number of oxime groups is 1. The van der Waals surface area contributed by atoms with Crippen LogP contribution in [0.15, 0.2) is 59.8 Å². The first-order valence-corrected chi connectivity index (χ1v) is 12.1. The van der Waals surface area contributed by atoms with Gasteiger partial charge in [0.2, 0.25) is 5.91 Å². The molecule has 1 saturated heterocycles. The Bertz CT molecular complexity index is 1220. The molecule has 0 saturated carbocycles. The molecular formula is C27H30N4O4. The van der Waals surface area contributed by atoms with Crippen molar-refractivity contribution in [3.63, 3.8) is 0 Å². The van der Waals surface area contributed by atoms with Crippen LogP contribution in [0.25, 0.3) is 10.9 Å². The van der Waals surface area contributed by atoms with E-state index in [1.807, 2.05) is 49.4 Å². The monoisotopic (exact) mass is 474 g/mol. The first kappa shape index (κ1) is 23.3. The van der Waals surface area contributed by atoms with Crippen molar-refractivity contribution in [2.24, 2.45) is 5.16 Å². The molecule has 5 rings (SSSR count).